The van der Waals surface area contributed by atoms with Crippen LogP contribution in [0.2, 0.25) is 0 Å². The van der Waals surface area contributed by atoms with E-state index in [1.807, 2.05) is 0 Å². The molecule has 25 heavy (non-hydrogen) atoms. The van der Waals surface area contributed by atoms with Crippen molar-refractivity contribution in [2.24, 2.45) is 5.92 Å². The van der Waals surface area contributed by atoms with E-state index in [-0.39, 0.29) is 6.04 Å². The molecular formula is C22H30N2O. The first-order valence-corrected chi connectivity index (χ1v) is 9.39. The Bertz CT molecular complexity index is 677. The molecule has 2 aromatic rings. The molecule has 1 aliphatic rings. The molecule has 3 nitrogen and oxygen atoms in total. The molecule has 2 aromatic carbocycles. The quantitative estimate of drug-likeness (QED) is 0.821. The standard InChI is InChI=1S/C22H30N2O/c1-17-5-3-7-21(13-17)18(2)23-22-8-4-6-20(14-22)15-24-11-9-19(16-25)10-12-24/h3-8,13-14,18-19,23,25H,9-12,15-16H2,1-2H3. The van der Waals surface area contributed by atoms with Crippen LogP contribution in [0.25, 0.3) is 0 Å². The lowest BCUT2D eigenvalue weighted by Crippen LogP contribution is -2.34. The van der Waals surface area contributed by atoms with E-state index in [0.29, 0.717) is 12.5 Å². The Balaban J connectivity index is 1.60. The first-order chi connectivity index (χ1) is 12.1. The molecule has 1 heterocycles. The van der Waals surface area contributed by atoms with Gasteiger partial charge < -0.3 is 10.4 Å². The molecule has 3 rings (SSSR count). The average Bonchev–Trinajstić information content (AvgIpc) is 2.63. The molecule has 1 atom stereocenters. The highest BCUT2D eigenvalue weighted by Gasteiger charge is 2.18. The molecule has 1 aliphatic heterocycles. The van der Waals surface area contributed by atoms with Crippen molar-refractivity contribution in [2.45, 2.75) is 39.3 Å². The monoisotopic (exact) mass is 338 g/mol. The SMILES string of the molecule is Cc1cccc(C(C)Nc2cccc(CN3CCC(CO)CC3)c2)c1. The van der Waals surface area contributed by atoms with Crippen LogP contribution >= 0.6 is 0 Å². The number of likely N-dealkylation sites (tertiary alicyclic amines) is 1. The lowest BCUT2D eigenvalue weighted by molar-refractivity contribution is 0.127. The van der Waals surface area contributed by atoms with Crippen LogP contribution in [0.1, 0.15) is 42.5 Å². The molecule has 0 aliphatic carbocycles. The molecule has 0 bridgehead atoms. The summed E-state index contributed by atoms with van der Waals surface area (Å²) in [6.07, 6.45) is 2.22. The molecule has 2 N–H and O–H groups in total. The summed E-state index contributed by atoms with van der Waals surface area (Å²) >= 11 is 0. The zero-order chi connectivity index (χ0) is 17.6. The number of hydrogen-bond acceptors (Lipinski definition) is 3. The smallest absolute Gasteiger partial charge is 0.0485 e. The van der Waals surface area contributed by atoms with Crippen LogP contribution < -0.4 is 5.32 Å². The van der Waals surface area contributed by atoms with Crippen LogP contribution in [0.15, 0.2) is 48.5 Å². The van der Waals surface area contributed by atoms with Gasteiger partial charge in [-0.2, -0.15) is 0 Å². The van der Waals surface area contributed by atoms with Crippen molar-refractivity contribution < 1.29 is 5.11 Å². The van der Waals surface area contributed by atoms with Gasteiger partial charge in [-0.1, -0.05) is 42.0 Å². The zero-order valence-corrected chi connectivity index (χ0v) is 15.4. The average molecular weight is 338 g/mol. The van der Waals surface area contributed by atoms with E-state index in [9.17, 15) is 5.11 Å². The summed E-state index contributed by atoms with van der Waals surface area (Å²) in [6.45, 7) is 7.85. The van der Waals surface area contributed by atoms with Crippen molar-refractivity contribution in [3.63, 3.8) is 0 Å². The van der Waals surface area contributed by atoms with E-state index in [1.54, 1.807) is 0 Å². The van der Waals surface area contributed by atoms with E-state index < -0.39 is 0 Å². The number of anilines is 1. The predicted molar refractivity (Wildman–Crippen MR) is 105 cm³/mol. The zero-order valence-electron chi connectivity index (χ0n) is 15.4. The van der Waals surface area contributed by atoms with Gasteiger partial charge in [0, 0.05) is 24.9 Å². The first-order valence-electron chi connectivity index (χ1n) is 9.39. The van der Waals surface area contributed by atoms with Gasteiger partial charge in [-0.3, -0.25) is 4.90 Å². The number of rotatable bonds is 6. The third-order valence-corrected chi connectivity index (χ3v) is 5.22. The Kier molecular flexibility index (Phi) is 6.11. The van der Waals surface area contributed by atoms with Crippen LogP contribution in [0.4, 0.5) is 5.69 Å². The first kappa shape index (κ1) is 18.0. The van der Waals surface area contributed by atoms with Crippen molar-refractivity contribution in [3.05, 3.63) is 65.2 Å². The van der Waals surface area contributed by atoms with Gasteiger partial charge in [0.15, 0.2) is 0 Å². The maximum atomic E-state index is 9.27. The topological polar surface area (TPSA) is 35.5 Å². The van der Waals surface area contributed by atoms with E-state index in [1.165, 1.54) is 22.4 Å². The van der Waals surface area contributed by atoms with Crippen LogP contribution in [-0.4, -0.2) is 29.7 Å². The highest BCUT2D eigenvalue weighted by Crippen LogP contribution is 2.23. The number of aliphatic hydroxyl groups is 1. The summed E-state index contributed by atoms with van der Waals surface area (Å²) in [6, 6.07) is 17.7. The third kappa shape index (κ3) is 5.07. The molecule has 1 saturated heterocycles. The van der Waals surface area contributed by atoms with Crippen molar-refractivity contribution in [2.75, 3.05) is 25.0 Å². The van der Waals surface area contributed by atoms with Crippen LogP contribution in [0, 0.1) is 12.8 Å². The van der Waals surface area contributed by atoms with E-state index in [0.717, 1.165) is 32.5 Å². The van der Waals surface area contributed by atoms with Crippen molar-refractivity contribution >= 4 is 5.69 Å². The Hall–Kier alpha value is -1.84. The van der Waals surface area contributed by atoms with Crippen LogP contribution in [0.3, 0.4) is 0 Å². The van der Waals surface area contributed by atoms with E-state index in [2.05, 4.69) is 72.6 Å². The van der Waals surface area contributed by atoms with Crippen LogP contribution in [-0.2, 0) is 6.54 Å². The normalized spacial score (nSPS) is 17.4. The number of nitrogens with one attached hydrogen (secondary N) is 1. The number of piperidine rings is 1. The molecule has 0 spiro atoms. The second kappa shape index (κ2) is 8.50. The summed E-state index contributed by atoms with van der Waals surface area (Å²) in [4.78, 5) is 2.50. The minimum Gasteiger partial charge on any atom is -0.396 e. The highest BCUT2D eigenvalue weighted by molar-refractivity contribution is 5.48. The van der Waals surface area contributed by atoms with Gasteiger partial charge in [0.25, 0.3) is 0 Å². The fraction of sp³-hybridized carbons (Fsp3) is 0.455. The van der Waals surface area contributed by atoms with E-state index in [4.69, 9.17) is 0 Å². The van der Waals surface area contributed by atoms with Crippen molar-refractivity contribution in [1.82, 2.24) is 4.90 Å². The second-order valence-corrected chi connectivity index (χ2v) is 7.38. The van der Waals surface area contributed by atoms with Gasteiger partial charge in [-0.25, -0.2) is 0 Å². The molecule has 3 heteroatoms. The Labute approximate surface area is 151 Å². The molecule has 134 valence electrons. The molecule has 0 radical (unpaired) electrons. The number of aryl methyl sites for hydroxylation is 1. The number of hydrogen-bond donors (Lipinski definition) is 2. The summed E-state index contributed by atoms with van der Waals surface area (Å²) in [5.41, 5.74) is 5.14. The third-order valence-electron chi connectivity index (χ3n) is 5.22. The molecule has 0 amide bonds. The summed E-state index contributed by atoms with van der Waals surface area (Å²) in [5, 5.41) is 12.9. The summed E-state index contributed by atoms with van der Waals surface area (Å²) in [7, 11) is 0. The maximum Gasteiger partial charge on any atom is 0.0485 e. The second-order valence-electron chi connectivity index (χ2n) is 7.38. The highest BCUT2D eigenvalue weighted by atomic mass is 16.3. The number of aliphatic hydroxyl groups excluding tert-OH is 1. The summed E-state index contributed by atoms with van der Waals surface area (Å²) < 4.78 is 0. The number of benzene rings is 2. The Morgan fingerprint density at radius 2 is 1.88 bits per heavy atom. The van der Waals surface area contributed by atoms with Gasteiger partial charge in [-0.15, -0.1) is 0 Å². The van der Waals surface area contributed by atoms with Crippen molar-refractivity contribution in [1.29, 1.82) is 0 Å². The molecule has 1 fully saturated rings. The minimum absolute atomic E-state index is 0.287. The van der Waals surface area contributed by atoms with Gasteiger partial charge in [0.1, 0.15) is 0 Å². The van der Waals surface area contributed by atoms with Gasteiger partial charge in [-0.05, 0) is 69.0 Å². The molecule has 1 unspecified atom stereocenters. The maximum absolute atomic E-state index is 9.27. The predicted octanol–water partition coefficient (Wildman–Crippen LogP) is 4.37. The number of nitrogens with zero attached hydrogens (tertiary/aromatic N) is 1. The van der Waals surface area contributed by atoms with Gasteiger partial charge in [0.05, 0.1) is 0 Å². The summed E-state index contributed by atoms with van der Waals surface area (Å²) in [5.74, 6) is 0.499. The Morgan fingerprint density at radius 3 is 2.60 bits per heavy atom. The lowest BCUT2D eigenvalue weighted by atomic mass is 9.97. The van der Waals surface area contributed by atoms with Crippen molar-refractivity contribution in [3.8, 4) is 0 Å². The molecular weight excluding hydrogens is 308 g/mol. The Morgan fingerprint density at radius 1 is 1.12 bits per heavy atom. The minimum atomic E-state index is 0.287. The lowest BCUT2D eigenvalue weighted by Gasteiger charge is -2.31. The molecule has 0 saturated carbocycles. The fourth-order valence-corrected chi connectivity index (χ4v) is 3.62. The van der Waals surface area contributed by atoms with E-state index >= 15 is 0 Å². The molecule has 0 aromatic heterocycles. The van der Waals surface area contributed by atoms with Gasteiger partial charge in [0.2, 0.25) is 0 Å². The fourth-order valence-electron chi connectivity index (χ4n) is 3.62. The van der Waals surface area contributed by atoms with Gasteiger partial charge >= 0.3 is 0 Å². The van der Waals surface area contributed by atoms with Crippen LogP contribution in [0.5, 0.6) is 0 Å². The largest absolute Gasteiger partial charge is 0.396 e.